The lowest BCUT2D eigenvalue weighted by Crippen LogP contribution is -2.08. The maximum absolute atomic E-state index is 9.08. The van der Waals surface area contributed by atoms with Crippen molar-refractivity contribution in [2.45, 2.75) is 19.8 Å². The molecular formula is C23H19N3. The molecule has 0 unspecified atom stereocenters. The lowest BCUT2D eigenvalue weighted by molar-refractivity contribution is 0.974. The van der Waals surface area contributed by atoms with E-state index in [1.165, 1.54) is 0 Å². The molecule has 0 bridgehead atoms. The minimum atomic E-state index is -0.0610. The van der Waals surface area contributed by atoms with Crippen LogP contribution in [-0.2, 0) is 0 Å². The van der Waals surface area contributed by atoms with Crippen molar-refractivity contribution in [1.82, 2.24) is 0 Å². The normalized spacial score (nSPS) is 10.3. The van der Waals surface area contributed by atoms with Crippen molar-refractivity contribution in [3.05, 3.63) is 99.6 Å². The maximum Gasteiger partial charge on any atom is 0.0991 e. The molecule has 0 aliphatic carbocycles. The lowest BCUT2D eigenvalue weighted by Gasteiger charge is -2.22. The Morgan fingerprint density at radius 3 is 1.65 bits per heavy atom. The van der Waals surface area contributed by atoms with Crippen LogP contribution in [0.3, 0.4) is 0 Å². The molecule has 0 heterocycles. The molecule has 0 saturated heterocycles. The molecule has 2 N–H and O–H groups in total. The fourth-order valence-corrected chi connectivity index (χ4v) is 3.30. The first-order valence-corrected chi connectivity index (χ1v) is 8.40. The summed E-state index contributed by atoms with van der Waals surface area (Å²) < 4.78 is 0. The Balaban J connectivity index is 2.21. The Morgan fingerprint density at radius 1 is 0.769 bits per heavy atom. The molecule has 0 aromatic heterocycles. The Labute approximate surface area is 153 Å². The predicted octanol–water partition coefficient (Wildman–Crippen LogP) is 4.81. The van der Waals surface area contributed by atoms with Crippen LogP contribution < -0.4 is 5.73 Å². The van der Waals surface area contributed by atoms with Gasteiger partial charge in [0.1, 0.15) is 0 Å². The van der Waals surface area contributed by atoms with Gasteiger partial charge in [-0.15, -0.1) is 0 Å². The van der Waals surface area contributed by atoms with E-state index >= 15 is 0 Å². The van der Waals surface area contributed by atoms with Crippen molar-refractivity contribution in [3.63, 3.8) is 0 Å². The molecule has 26 heavy (non-hydrogen) atoms. The van der Waals surface area contributed by atoms with Crippen molar-refractivity contribution < 1.29 is 0 Å². The smallest absolute Gasteiger partial charge is 0.0991 e. The SMILES string of the molecule is Cc1cc(C)c(N)c(C(c2ccc(C#N)cc2)c2ccc(C#N)cc2)c1. The molecule has 3 aromatic rings. The quantitative estimate of drug-likeness (QED) is 0.550. The van der Waals surface area contributed by atoms with E-state index in [1.54, 1.807) is 0 Å². The monoisotopic (exact) mass is 337 g/mol. The zero-order valence-corrected chi connectivity index (χ0v) is 14.8. The minimum absolute atomic E-state index is 0.0610. The van der Waals surface area contributed by atoms with Gasteiger partial charge in [-0.3, -0.25) is 0 Å². The number of nitrogen functional groups attached to an aromatic ring is 1. The Kier molecular flexibility index (Phi) is 4.74. The number of aryl methyl sites for hydroxylation is 2. The largest absolute Gasteiger partial charge is 0.398 e. The highest BCUT2D eigenvalue weighted by molar-refractivity contribution is 5.61. The number of rotatable bonds is 3. The number of nitrogens with zero attached hydrogens (tertiary/aromatic N) is 2. The lowest BCUT2D eigenvalue weighted by atomic mass is 9.82. The Hall–Kier alpha value is -3.56. The first kappa shape index (κ1) is 17.3. The summed E-state index contributed by atoms with van der Waals surface area (Å²) in [4.78, 5) is 0. The summed E-state index contributed by atoms with van der Waals surface area (Å²) >= 11 is 0. The summed E-state index contributed by atoms with van der Waals surface area (Å²) in [5.74, 6) is -0.0610. The number of hydrogen-bond donors (Lipinski definition) is 1. The third kappa shape index (κ3) is 3.29. The Bertz CT molecular complexity index is 960. The standard InChI is InChI=1S/C23H19N3/c1-15-11-16(2)23(26)21(12-15)22(19-7-3-17(13-24)4-8-19)20-9-5-18(14-25)6-10-20/h3-12,22H,26H2,1-2H3. The van der Waals surface area contributed by atoms with Gasteiger partial charge < -0.3 is 5.73 Å². The minimum Gasteiger partial charge on any atom is -0.398 e. The van der Waals surface area contributed by atoms with Gasteiger partial charge in [0, 0.05) is 11.6 Å². The fraction of sp³-hybridized carbons (Fsp3) is 0.130. The molecule has 3 nitrogen and oxygen atoms in total. The van der Waals surface area contributed by atoms with Crippen LogP contribution >= 0.6 is 0 Å². The topological polar surface area (TPSA) is 73.6 Å². The fourth-order valence-electron chi connectivity index (χ4n) is 3.30. The first-order chi connectivity index (χ1) is 12.5. The average Bonchev–Trinajstić information content (AvgIpc) is 2.67. The van der Waals surface area contributed by atoms with Gasteiger partial charge in [-0.05, 0) is 60.4 Å². The van der Waals surface area contributed by atoms with Gasteiger partial charge in [0.15, 0.2) is 0 Å². The van der Waals surface area contributed by atoms with Crippen molar-refractivity contribution >= 4 is 5.69 Å². The number of hydrogen-bond acceptors (Lipinski definition) is 3. The molecule has 0 fully saturated rings. The van der Waals surface area contributed by atoms with Crippen LogP contribution in [-0.4, -0.2) is 0 Å². The van der Waals surface area contributed by atoms with E-state index < -0.39 is 0 Å². The van der Waals surface area contributed by atoms with Crippen LogP contribution in [0.5, 0.6) is 0 Å². The summed E-state index contributed by atoms with van der Waals surface area (Å²) in [7, 11) is 0. The van der Waals surface area contributed by atoms with Crippen LogP contribution in [0.15, 0.2) is 60.7 Å². The summed E-state index contributed by atoms with van der Waals surface area (Å²) in [6, 6.07) is 23.7. The maximum atomic E-state index is 9.08. The predicted molar refractivity (Wildman–Crippen MR) is 104 cm³/mol. The average molecular weight is 337 g/mol. The Morgan fingerprint density at radius 2 is 1.23 bits per heavy atom. The molecule has 0 amide bonds. The molecular weight excluding hydrogens is 318 g/mol. The number of anilines is 1. The summed E-state index contributed by atoms with van der Waals surface area (Å²) in [6.07, 6.45) is 0. The van der Waals surface area contributed by atoms with Crippen LogP contribution in [0.4, 0.5) is 5.69 Å². The summed E-state index contributed by atoms with van der Waals surface area (Å²) in [5, 5.41) is 18.2. The van der Waals surface area contributed by atoms with Crippen LogP contribution in [0.2, 0.25) is 0 Å². The van der Waals surface area contributed by atoms with E-state index in [2.05, 4.69) is 31.2 Å². The third-order valence-corrected chi connectivity index (χ3v) is 4.62. The van der Waals surface area contributed by atoms with Crippen molar-refractivity contribution in [1.29, 1.82) is 10.5 Å². The van der Waals surface area contributed by atoms with Gasteiger partial charge in [-0.1, -0.05) is 42.0 Å². The highest BCUT2D eigenvalue weighted by Crippen LogP contribution is 2.37. The zero-order valence-electron chi connectivity index (χ0n) is 14.8. The van der Waals surface area contributed by atoms with E-state index in [4.69, 9.17) is 16.3 Å². The molecule has 3 heteroatoms. The summed E-state index contributed by atoms with van der Waals surface area (Å²) in [5.41, 5.74) is 13.8. The van der Waals surface area contributed by atoms with Gasteiger partial charge in [0.25, 0.3) is 0 Å². The number of nitrogens with two attached hydrogens (primary N) is 1. The summed E-state index contributed by atoms with van der Waals surface area (Å²) in [6.45, 7) is 4.07. The number of benzene rings is 3. The molecule has 0 atom stereocenters. The van der Waals surface area contributed by atoms with Crippen molar-refractivity contribution in [2.75, 3.05) is 5.73 Å². The highest BCUT2D eigenvalue weighted by Gasteiger charge is 2.20. The van der Waals surface area contributed by atoms with E-state index in [9.17, 15) is 0 Å². The molecule has 0 spiro atoms. The van der Waals surface area contributed by atoms with Crippen LogP contribution in [0.25, 0.3) is 0 Å². The van der Waals surface area contributed by atoms with Crippen molar-refractivity contribution in [2.24, 2.45) is 0 Å². The third-order valence-electron chi connectivity index (χ3n) is 4.62. The van der Waals surface area contributed by atoms with E-state index in [0.29, 0.717) is 11.1 Å². The number of nitriles is 2. The van der Waals surface area contributed by atoms with Crippen LogP contribution in [0.1, 0.15) is 44.9 Å². The molecule has 3 aromatic carbocycles. The van der Waals surface area contributed by atoms with Gasteiger partial charge >= 0.3 is 0 Å². The van der Waals surface area contributed by atoms with E-state index in [1.807, 2.05) is 55.5 Å². The second-order valence-electron chi connectivity index (χ2n) is 6.49. The van der Waals surface area contributed by atoms with Gasteiger partial charge in [-0.25, -0.2) is 0 Å². The van der Waals surface area contributed by atoms with E-state index in [-0.39, 0.29) is 5.92 Å². The van der Waals surface area contributed by atoms with Gasteiger partial charge in [0.2, 0.25) is 0 Å². The second kappa shape index (κ2) is 7.13. The first-order valence-electron chi connectivity index (χ1n) is 8.40. The van der Waals surface area contributed by atoms with Crippen LogP contribution in [0, 0.1) is 36.5 Å². The molecule has 3 rings (SSSR count). The van der Waals surface area contributed by atoms with Gasteiger partial charge in [0.05, 0.1) is 23.3 Å². The molecule has 0 saturated carbocycles. The highest BCUT2D eigenvalue weighted by atomic mass is 14.6. The molecule has 126 valence electrons. The second-order valence-corrected chi connectivity index (χ2v) is 6.49. The van der Waals surface area contributed by atoms with E-state index in [0.717, 1.165) is 33.5 Å². The zero-order chi connectivity index (χ0) is 18.7. The molecule has 0 radical (unpaired) electrons. The van der Waals surface area contributed by atoms with Gasteiger partial charge in [-0.2, -0.15) is 10.5 Å². The molecule has 0 aliphatic rings. The molecule has 0 aliphatic heterocycles. The van der Waals surface area contributed by atoms with Crippen molar-refractivity contribution in [3.8, 4) is 12.1 Å².